The van der Waals surface area contributed by atoms with Crippen LogP contribution in [0.15, 0.2) is 18.2 Å². The van der Waals surface area contributed by atoms with E-state index in [0.717, 1.165) is 17.4 Å². The number of hydrogen-bond acceptors (Lipinski definition) is 2. The van der Waals surface area contributed by atoms with Crippen LogP contribution in [0.2, 0.25) is 0 Å². The van der Waals surface area contributed by atoms with Gasteiger partial charge in [-0.1, -0.05) is 32.3 Å². The quantitative estimate of drug-likeness (QED) is 0.788. The fraction of sp³-hybridized carbons (Fsp3) is 0.647. The van der Waals surface area contributed by atoms with Crippen molar-refractivity contribution in [2.24, 2.45) is 5.92 Å². The Morgan fingerprint density at radius 1 is 1.21 bits per heavy atom. The number of rotatable bonds is 4. The first kappa shape index (κ1) is 14.2. The molecule has 1 saturated carbocycles. The van der Waals surface area contributed by atoms with Crippen molar-refractivity contribution in [2.75, 3.05) is 12.4 Å². The molecule has 2 atom stereocenters. The topological polar surface area (TPSA) is 21.3 Å². The van der Waals surface area contributed by atoms with Gasteiger partial charge in [0.2, 0.25) is 0 Å². The molecule has 2 rings (SSSR count). The highest BCUT2D eigenvalue weighted by Gasteiger charge is 2.18. The Bertz CT molecular complexity index is 402. The third kappa shape index (κ3) is 3.89. The van der Waals surface area contributed by atoms with Crippen LogP contribution in [0.1, 0.15) is 51.0 Å². The van der Waals surface area contributed by atoms with Gasteiger partial charge in [0.25, 0.3) is 0 Å². The number of benzene rings is 1. The fourth-order valence-corrected chi connectivity index (χ4v) is 3.09. The highest BCUT2D eigenvalue weighted by molar-refractivity contribution is 5.58. The van der Waals surface area contributed by atoms with Gasteiger partial charge in [0.05, 0.1) is 12.8 Å². The molecule has 0 heterocycles. The van der Waals surface area contributed by atoms with E-state index in [9.17, 15) is 0 Å². The van der Waals surface area contributed by atoms with Crippen molar-refractivity contribution in [3.63, 3.8) is 0 Å². The molecule has 1 fully saturated rings. The van der Waals surface area contributed by atoms with Crippen molar-refractivity contribution in [1.82, 2.24) is 0 Å². The summed E-state index contributed by atoms with van der Waals surface area (Å²) in [7, 11) is 1.75. The summed E-state index contributed by atoms with van der Waals surface area (Å²) in [4.78, 5) is 0. The first-order valence-electron chi connectivity index (χ1n) is 7.64. The minimum Gasteiger partial charge on any atom is -0.495 e. The molecule has 0 aromatic heterocycles. The Balaban J connectivity index is 2.02. The Hall–Kier alpha value is -1.18. The van der Waals surface area contributed by atoms with Crippen molar-refractivity contribution >= 4 is 5.69 Å². The molecule has 0 amide bonds. The zero-order valence-corrected chi connectivity index (χ0v) is 12.5. The highest BCUT2D eigenvalue weighted by Crippen LogP contribution is 2.31. The van der Waals surface area contributed by atoms with Gasteiger partial charge in [-0.2, -0.15) is 0 Å². The maximum absolute atomic E-state index is 5.45. The number of aryl methyl sites for hydroxylation is 1. The van der Waals surface area contributed by atoms with E-state index in [0.29, 0.717) is 6.04 Å². The van der Waals surface area contributed by atoms with Crippen LogP contribution in [-0.4, -0.2) is 13.2 Å². The van der Waals surface area contributed by atoms with Gasteiger partial charge in [-0.15, -0.1) is 0 Å². The lowest BCUT2D eigenvalue weighted by molar-refractivity contribution is 0.415. The first-order valence-corrected chi connectivity index (χ1v) is 7.64. The van der Waals surface area contributed by atoms with Crippen LogP contribution in [0.5, 0.6) is 5.75 Å². The predicted octanol–water partition coefficient (Wildman–Crippen LogP) is 4.77. The Labute approximate surface area is 117 Å². The van der Waals surface area contributed by atoms with Gasteiger partial charge < -0.3 is 10.1 Å². The van der Waals surface area contributed by atoms with Gasteiger partial charge in [0.1, 0.15) is 5.75 Å². The van der Waals surface area contributed by atoms with Crippen LogP contribution in [0.25, 0.3) is 0 Å². The second-order valence-corrected chi connectivity index (χ2v) is 5.83. The summed E-state index contributed by atoms with van der Waals surface area (Å²) in [6.07, 6.45) is 8.02. The van der Waals surface area contributed by atoms with E-state index in [1.165, 1.54) is 44.1 Å². The molecule has 106 valence electrons. The fourth-order valence-electron chi connectivity index (χ4n) is 3.09. The molecule has 2 unspecified atom stereocenters. The van der Waals surface area contributed by atoms with Crippen LogP contribution in [0.4, 0.5) is 5.69 Å². The molecule has 0 spiro atoms. The largest absolute Gasteiger partial charge is 0.495 e. The summed E-state index contributed by atoms with van der Waals surface area (Å²) in [5.74, 6) is 1.90. The molecule has 1 aromatic carbocycles. The molecule has 1 aliphatic rings. The van der Waals surface area contributed by atoms with Gasteiger partial charge in [0, 0.05) is 6.04 Å². The third-order valence-corrected chi connectivity index (χ3v) is 4.38. The minimum absolute atomic E-state index is 0.604. The minimum atomic E-state index is 0.604. The zero-order chi connectivity index (χ0) is 13.7. The van der Waals surface area contributed by atoms with E-state index < -0.39 is 0 Å². The second-order valence-electron chi connectivity index (χ2n) is 5.83. The molecule has 0 radical (unpaired) electrons. The molecule has 19 heavy (non-hydrogen) atoms. The second kappa shape index (κ2) is 6.83. The molecule has 2 nitrogen and oxygen atoms in total. The average molecular weight is 261 g/mol. The van der Waals surface area contributed by atoms with E-state index in [1.807, 2.05) is 0 Å². The molecular weight excluding hydrogens is 234 g/mol. The van der Waals surface area contributed by atoms with Crippen LogP contribution >= 0.6 is 0 Å². The SMILES string of the molecule is CCC1CCCC(Nc2cc(C)ccc2OC)CC1. The molecule has 1 aromatic rings. The summed E-state index contributed by atoms with van der Waals surface area (Å²) >= 11 is 0. The Morgan fingerprint density at radius 2 is 2.05 bits per heavy atom. The molecule has 2 heteroatoms. The number of hydrogen-bond donors (Lipinski definition) is 1. The van der Waals surface area contributed by atoms with E-state index in [4.69, 9.17) is 4.74 Å². The van der Waals surface area contributed by atoms with Crippen LogP contribution in [-0.2, 0) is 0 Å². The van der Waals surface area contributed by atoms with Crippen molar-refractivity contribution in [3.05, 3.63) is 23.8 Å². The standard InChI is InChI=1S/C17H27NO/c1-4-14-6-5-7-15(10-9-14)18-16-12-13(2)8-11-17(16)19-3/h8,11-12,14-15,18H,4-7,9-10H2,1-3H3. The number of anilines is 1. The number of methoxy groups -OCH3 is 1. The van der Waals surface area contributed by atoms with Gasteiger partial charge in [-0.3, -0.25) is 0 Å². The molecule has 1 aliphatic carbocycles. The number of nitrogens with one attached hydrogen (secondary N) is 1. The van der Waals surface area contributed by atoms with E-state index in [-0.39, 0.29) is 0 Å². The molecule has 0 aliphatic heterocycles. The lowest BCUT2D eigenvalue weighted by atomic mass is 9.98. The first-order chi connectivity index (χ1) is 9.22. The molecule has 0 saturated heterocycles. The summed E-state index contributed by atoms with van der Waals surface area (Å²) < 4.78 is 5.45. The van der Waals surface area contributed by atoms with Crippen molar-refractivity contribution in [1.29, 1.82) is 0 Å². The zero-order valence-electron chi connectivity index (χ0n) is 12.5. The summed E-state index contributed by atoms with van der Waals surface area (Å²) in [5.41, 5.74) is 2.44. The van der Waals surface area contributed by atoms with Gasteiger partial charge in [-0.05, 0) is 49.8 Å². The van der Waals surface area contributed by atoms with E-state index >= 15 is 0 Å². The summed E-state index contributed by atoms with van der Waals surface area (Å²) in [6, 6.07) is 6.96. The summed E-state index contributed by atoms with van der Waals surface area (Å²) in [5, 5.41) is 3.70. The van der Waals surface area contributed by atoms with Gasteiger partial charge in [0.15, 0.2) is 0 Å². The number of ether oxygens (including phenoxy) is 1. The monoisotopic (exact) mass is 261 g/mol. The predicted molar refractivity (Wildman–Crippen MR) is 82.0 cm³/mol. The third-order valence-electron chi connectivity index (χ3n) is 4.38. The Kier molecular flexibility index (Phi) is 5.12. The molecular formula is C17H27NO. The molecule has 0 bridgehead atoms. The smallest absolute Gasteiger partial charge is 0.141 e. The van der Waals surface area contributed by atoms with E-state index in [2.05, 4.69) is 37.4 Å². The van der Waals surface area contributed by atoms with Crippen molar-refractivity contribution < 1.29 is 4.74 Å². The van der Waals surface area contributed by atoms with Crippen LogP contribution in [0.3, 0.4) is 0 Å². The van der Waals surface area contributed by atoms with Gasteiger partial charge in [-0.25, -0.2) is 0 Å². The van der Waals surface area contributed by atoms with Crippen molar-refractivity contribution in [2.45, 2.75) is 58.4 Å². The van der Waals surface area contributed by atoms with Crippen LogP contribution in [0, 0.1) is 12.8 Å². The maximum Gasteiger partial charge on any atom is 0.141 e. The highest BCUT2D eigenvalue weighted by atomic mass is 16.5. The lowest BCUT2D eigenvalue weighted by Crippen LogP contribution is -2.19. The molecule has 1 N–H and O–H groups in total. The van der Waals surface area contributed by atoms with Gasteiger partial charge >= 0.3 is 0 Å². The normalized spacial score (nSPS) is 23.7. The maximum atomic E-state index is 5.45. The summed E-state index contributed by atoms with van der Waals surface area (Å²) in [6.45, 7) is 4.45. The van der Waals surface area contributed by atoms with Crippen LogP contribution < -0.4 is 10.1 Å². The van der Waals surface area contributed by atoms with Crippen molar-refractivity contribution in [3.8, 4) is 5.75 Å². The lowest BCUT2D eigenvalue weighted by Gasteiger charge is -2.20. The van der Waals surface area contributed by atoms with E-state index in [1.54, 1.807) is 7.11 Å². The average Bonchev–Trinajstić information content (AvgIpc) is 2.64. The Morgan fingerprint density at radius 3 is 2.79 bits per heavy atom.